The van der Waals surface area contributed by atoms with Crippen molar-refractivity contribution in [3.63, 3.8) is 0 Å². The first kappa shape index (κ1) is 22.1. The minimum atomic E-state index is -0.452. The summed E-state index contributed by atoms with van der Waals surface area (Å²) in [6.45, 7) is 21.1. The third kappa shape index (κ3) is 6.74. The van der Waals surface area contributed by atoms with Crippen LogP contribution in [0.5, 0.6) is 0 Å². The molecule has 0 atom stereocenters. The van der Waals surface area contributed by atoms with Crippen molar-refractivity contribution in [2.24, 2.45) is 0 Å². The van der Waals surface area contributed by atoms with E-state index in [0.717, 1.165) is 30.7 Å². The SMILES string of the molecule is C=C(C)C(/C=C\C(=C(/C)CC)N1CCN(C(=O)OC(C)(C)C)CC1)=C/C. The Morgan fingerprint density at radius 3 is 2.04 bits per heavy atom. The second kappa shape index (κ2) is 9.65. The molecule has 0 aliphatic carbocycles. The summed E-state index contributed by atoms with van der Waals surface area (Å²) < 4.78 is 5.49. The molecule has 146 valence electrons. The van der Waals surface area contributed by atoms with Gasteiger partial charge in [0.15, 0.2) is 0 Å². The van der Waals surface area contributed by atoms with Crippen LogP contribution < -0.4 is 0 Å². The number of allylic oxidation sites excluding steroid dienone is 6. The van der Waals surface area contributed by atoms with Gasteiger partial charge in [-0.2, -0.15) is 0 Å². The van der Waals surface area contributed by atoms with Gasteiger partial charge in [-0.05, 0) is 59.6 Å². The number of rotatable bonds is 5. The Kier molecular flexibility index (Phi) is 8.19. The molecule has 1 aliphatic rings. The molecule has 0 radical (unpaired) electrons. The van der Waals surface area contributed by atoms with E-state index in [9.17, 15) is 4.79 Å². The molecule has 0 bridgehead atoms. The average Bonchev–Trinajstić information content (AvgIpc) is 2.56. The Hall–Kier alpha value is -1.97. The molecule has 1 amide bonds. The van der Waals surface area contributed by atoms with Gasteiger partial charge < -0.3 is 14.5 Å². The molecule has 1 rings (SSSR count). The molecule has 26 heavy (non-hydrogen) atoms. The zero-order valence-electron chi connectivity index (χ0n) is 17.7. The summed E-state index contributed by atoms with van der Waals surface area (Å²) >= 11 is 0. The zero-order valence-corrected chi connectivity index (χ0v) is 17.7. The van der Waals surface area contributed by atoms with E-state index in [1.807, 2.05) is 34.6 Å². The fourth-order valence-electron chi connectivity index (χ4n) is 2.81. The molecule has 0 spiro atoms. The second-order valence-electron chi connectivity index (χ2n) is 7.83. The van der Waals surface area contributed by atoms with Crippen LogP contribution in [0, 0.1) is 0 Å². The molecular formula is C22H36N2O2. The average molecular weight is 361 g/mol. The molecule has 0 N–H and O–H groups in total. The van der Waals surface area contributed by atoms with Gasteiger partial charge in [-0.25, -0.2) is 4.79 Å². The number of nitrogens with zero attached hydrogens (tertiary/aromatic N) is 2. The Morgan fingerprint density at radius 1 is 1.08 bits per heavy atom. The van der Waals surface area contributed by atoms with Crippen molar-refractivity contribution in [1.29, 1.82) is 0 Å². The van der Waals surface area contributed by atoms with Crippen molar-refractivity contribution < 1.29 is 9.53 Å². The Labute approximate surface area is 159 Å². The minimum Gasteiger partial charge on any atom is -0.444 e. The summed E-state index contributed by atoms with van der Waals surface area (Å²) in [7, 11) is 0. The lowest BCUT2D eigenvalue weighted by Gasteiger charge is -2.38. The predicted octanol–water partition coefficient (Wildman–Crippen LogP) is 5.30. The standard InChI is InChI=1S/C22H36N2O2/c1-9-18(5)20(12-11-19(10-2)17(3)4)23-13-15-24(16-14-23)21(25)26-22(6,7)8/h10-12H,3,9,13-16H2,1-2,4-8H3/b12-11-,19-10+,20-18-. The van der Waals surface area contributed by atoms with Gasteiger partial charge in [0, 0.05) is 31.9 Å². The molecule has 4 heteroatoms. The lowest BCUT2D eigenvalue weighted by atomic mass is 10.1. The highest BCUT2D eigenvalue weighted by atomic mass is 16.6. The minimum absolute atomic E-state index is 0.219. The molecule has 0 aromatic rings. The van der Waals surface area contributed by atoms with Gasteiger partial charge in [0.25, 0.3) is 0 Å². The maximum atomic E-state index is 12.3. The summed E-state index contributed by atoms with van der Waals surface area (Å²) in [5.41, 5.74) is 4.36. The van der Waals surface area contributed by atoms with Crippen LogP contribution in [0.25, 0.3) is 0 Å². The first-order valence-electron chi connectivity index (χ1n) is 9.52. The first-order valence-corrected chi connectivity index (χ1v) is 9.52. The molecule has 1 aliphatic heterocycles. The zero-order chi connectivity index (χ0) is 19.9. The molecular weight excluding hydrogens is 324 g/mol. The maximum Gasteiger partial charge on any atom is 0.410 e. The molecule has 0 aromatic heterocycles. The third-order valence-corrected chi connectivity index (χ3v) is 4.46. The lowest BCUT2D eigenvalue weighted by Crippen LogP contribution is -2.49. The summed E-state index contributed by atoms with van der Waals surface area (Å²) in [5.74, 6) is 0. The number of hydrogen-bond acceptors (Lipinski definition) is 3. The van der Waals surface area contributed by atoms with Gasteiger partial charge >= 0.3 is 6.09 Å². The number of piperazine rings is 1. The molecule has 1 heterocycles. The smallest absolute Gasteiger partial charge is 0.410 e. The topological polar surface area (TPSA) is 32.8 Å². The number of carbonyl (C=O) groups is 1. The molecule has 4 nitrogen and oxygen atoms in total. The van der Waals surface area contributed by atoms with Crippen LogP contribution in [-0.2, 0) is 4.74 Å². The highest BCUT2D eigenvalue weighted by Crippen LogP contribution is 2.20. The van der Waals surface area contributed by atoms with Crippen molar-refractivity contribution in [2.45, 2.75) is 60.5 Å². The van der Waals surface area contributed by atoms with Gasteiger partial charge in [0.05, 0.1) is 0 Å². The second-order valence-corrected chi connectivity index (χ2v) is 7.83. The predicted molar refractivity (Wildman–Crippen MR) is 110 cm³/mol. The molecule has 1 saturated heterocycles. The first-order chi connectivity index (χ1) is 12.1. The van der Waals surface area contributed by atoms with E-state index in [1.54, 1.807) is 4.90 Å². The number of hydrogen-bond donors (Lipinski definition) is 0. The van der Waals surface area contributed by atoms with E-state index in [-0.39, 0.29) is 6.09 Å². The van der Waals surface area contributed by atoms with Gasteiger partial charge in [-0.15, -0.1) is 0 Å². The van der Waals surface area contributed by atoms with Crippen molar-refractivity contribution >= 4 is 6.09 Å². The molecule has 0 saturated carbocycles. The normalized spacial score (nSPS) is 17.4. The van der Waals surface area contributed by atoms with Crippen LogP contribution in [-0.4, -0.2) is 47.7 Å². The van der Waals surface area contributed by atoms with E-state index < -0.39 is 5.60 Å². The Bertz CT molecular complexity index is 598. The van der Waals surface area contributed by atoms with Crippen LogP contribution in [0.4, 0.5) is 4.79 Å². The fraction of sp³-hybridized carbons (Fsp3) is 0.591. The highest BCUT2D eigenvalue weighted by Gasteiger charge is 2.26. The van der Waals surface area contributed by atoms with Crippen molar-refractivity contribution in [3.05, 3.63) is 47.2 Å². The van der Waals surface area contributed by atoms with E-state index in [0.29, 0.717) is 13.1 Å². The molecule has 0 aromatic carbocycles. The summed E-state index contributed by atoms with van der Waals surface area (Å²) in [5, 5.41) is 0. The third-order valence-electron chi connectivity index (χ3n) is 4.46. The quantitative estimate of drug-likeness (QED) is 0.624. The summed E-state index contributed by atoms with van der Waals surface area (Å²) in [6, 6.07) is 0. The fourth-order valence-corrected chi connectivity index (χ4v) is 2.81. The lowest BCUT2D eigenvalue weighted by molar-refractivity contribution is 0.0170. The molecule has 1 fully saturated rings. The largest absolute Gasteiger partial charge is 0.444 e. The van der Waals surface area contributed by atoms with Crippen molar-refractivity contribution in [2.75, 3.05) is 26.2 Å². The van der Waals surface area contributed by atoms with Gasteiger partial charge in [-0.3, -0.25) is 0 Å². The van der Waals surface area contributed by atoms with Crippen LogP contribution in [0.2, 0.25) is 0 Å². The summed E-state index contributed by atoms with van der Waals surface area (Å²) in [4.78, 5) is 16.4. The van der Waals surface area contributed by atoms with Crippen LogP contribution in [0.15, 0.2) is 47.2 Å². The van der Waals surface area contributed by atoms with Crippen molar-refractivity contribution in [3.8, 4) is 0 Å². The van der Waals surface area contributed by atoms with Crippen molar-refractivity contribution in [1.82, 2.24) is 9.80 Å². The number of amides is 1. The van der Waals surface area contributed by atoms with Gasteiger partial charge in [0.1, 0.15) is 5.60 Å². The Balaban J connectivity index is 2.84. The molecule has 0 unspecified atom stereocenters. The monoisotopic (exact) mass is 360 g/mol. The Morgan fingerprint density at radius 2 is 1.62 bits per heavy atom. The summed E-state index contributed by atoms with van der Waals surface area (Å²) in [6.07, 6.45) is 7.19. The van der Waals surface area contributed by atoms with E-state index >= 15 is 0 Å². The van der Waals surface area contributed by atoms with Crippen LogP contribution in [0.3, 0.4) is 0 Å². The highest BCUT2D eigenvalue weighted by molar-refractivity contribution is 5.68. The van der Waals surface area contributed by atoms with Gasteiger partial charge in [-0.1, -0.05) is 36.8 Å². The van der Waals surface area contributed by atoms with E-state index in [2.05, 4.69) is 43.6 Å². The van der Waals surface area contributed by atoms with Crippen LogP contribution in [0.1, 0.15) is 54.9 Å². The van der Waals surface area contributed by atoms with Crippen LogP contribution >= 0.6 is 0 Å². The maximum absolute atomic E-state index is 12.3. The van der Waals surface area contributed by atoms with E-state index in [4.69, 9.17) is 4.74 Å². The number of carbonyl (C=O) groups excluding carboxylic acids is 1. The number of ether oxygens (including phenoxy) is 1. The van der Waals surface area contributed by atoms with E-state index in [1.165, 1.54) is 11.3 Å². The van der Waals surface area contributed by atoms with Gasteiger partial charge in [0.2, 0.25) is 0 Å².